The number of pyridine rings is 1. The quantitative estimate of drug-likeness (QED) is 0.837. The molecule has 0 aliphatic heterocycles. The van der Waals surface area contributed by atoms with Gasteiger partial charge < -0.3 is 14.6 Å². The predicted octanol–water partition coefficient (Wildman–Crippen LogP) is 4.04. The van der Waals surface area contributed by atoms with E-state index in [1.807, 2.05) is 0 Å². The molecule has 0 unspecified atom stereocenters. The van der Waals surface area contributed by atoms with E-state index in [1.54, 1.807) is 41.5 Å². The molecule has 1 aromatic rings. The lowest BCUT2D eigenvalue weighted by Gasteiger charge is -2.28. The number of anilines is 1. The molecule has 2 amide bonds. The van der Waals surface area contributed by atoms with Gasteiger partial charge in [0.25, 0.3) is 0 Å². The molecule has 0 bridgehead atoms. The number of nitrogens with zero attached hydrogens (tertiary/aromatic N) is 2. The van der Waals surface area contributed by atoms with E-state index in [4.69, 9.17) is 21.1 Å². The summed E-state index contributed by atoms with van der Waals surface area (Å²) in [5, 5.41) is 9.10. The lowest BCUT2D eigenvalue weighted by Crippen LogP contribution is -2.44. The fourth-order valence-corrected chi connectivity index (χ4v) is 1.82. The third-order valence-corrected chi connectivity index (χ3v) is 2.82. The molecule has 1 aromatic heterocycles. The van der Waals surface area contributed by atoms with Crippen LogP contribution in [0.25, 0.3) is 0 Å². The molecule has 9 heteroatoms. The summed E-state index contributed by atoms with van der Waals surface area (Å²) >= 11 is 5.77. The van der Waals surface area contributed by atoms with Gasteiger partial charge in [0.05, 0.1) is 17.3 Å². The number of halogens is 2. The molecule has 0 aromatic carbocycles. The van der Waals surface area contributed by atoms with Gasteiger partial charge in [-0.3, -0.25) is 0 Å². The number of ether oxygens (including phenoxy) is 2. The van der Waals surface area contributed by atoms with Crippen LogP contribution in [0.3, 0.4) is 0 Å². The summed E-state index contributed by atoms with van der Waals surface area (Å²) in [5.74, 6) is -1.71. The highest BCUT2D eigenvalue weighted by Crippen LogP contribution is 2.26. The van der Waals surface area contributed by atoms with Gasteiger partial charge in [-0.15, -0.1) is 0 Å². The van der Waals surface area contributed by atoms with Crippen LogP contribution in [0.15, 0.2) is 6.07 Å². The Morgan fingerprint density at radius 3 is 1.96 bits per heavy atom. The number of aliphatic hydroxyl groups is 1. The maximum atomic E-state index is 14.3. The van der Waals surface area contributed by atoms with Gasteiger partial charge in [0.1, 0.15) is 11.2 Å². The van der Waals surface area contributed by atoms with E-state index in [1.165, 1.54) is 0 Å². The Hall–Kier alpha value is -1.93. The molecule has 1 heterocycles. The molecule has 0 fully saturated rings. The van der Waals surface area contributed by atoms with E-state index in [-0.39, 0.29) is 10.7 Å². The number of rotatable bonds is 2. The highest BCUT2D eigenvalue weighted by molar-refractivity contribution is 6.31. The summed E-state index contributed by atoms with van der Waals surface area (Å²) in [5.41, 5.74) is -1.99. The van der Waals surface area contributed by atoms with E-state index < -0.39 is 41.6 Å². The molecule has 0 saturated carbocycles. The summed E-state index contributed by atoms with van der Waals surface area (Å²) in [6.45, 7) is 8.91. The maximum Gasteiger partial charge on any atom is 0.425 e. The lowest BCUT2D eigenvalue weighted by molar-refractivity contribution is 0.0427. The predicted molar refractivity (Wildman–Crippen MR) is 90.1 cm³/mol. The highest BCUT2D eigenvalue weighted by atomic mass is 35.5. The van der Waals surface area contributed by atoms with Crippen molar-refractivity contribution >= 4 is 29.6 Å². The van der Waals surface area contributed by atoms with Crippen LogP contribution < -0.4 is 4.90 Å². The molecule has 7 nitrogen and oxygen atoms in total. The summed E-state index contributed by atoms with van der Waals surface area (Å²) in [7, 11) is 0. The first-order valence-corrected chi connectivity index (χ1v) is 7.85. The molecule has 0 saturated heterocycles. The molecule has 1 N–H and O–H groups in total. The number of carbonyl (C=O) groups is 2. The molecule has 25 heavy (non-hydrogen) atoms. The van der Waals surface area contributed by atoms with E-state index in [0.717, 1.165) is 6.07 Å². The van der Waals surface area contributed by atoms with Gasteiger partial charge >= 0.3 is 12.2 Å². The number of aliphatic hydroxyl groups excluding tert-OH is 1. The first kappa shape index (κ1) is 21.1. The number of hydrogen-bond acceptors (Lipinski definition) is 6. The Morgan fingerprint density at radius 2 is 1.60 bits per heavy atom. The second-order valence-corrected chi connectivity index (χ2v) is 7.58. The highest BCUT2D eigenvalue weighted by Gasteiger charge is 2.35. The van der Waals surface area contributed by atoms with E-state index in [9.17, 15) is 19.1 Å². The van der Waals surface area contributed by atoms with Crippen molar-refractivity contribution in [2.45, 2.75) is 59.4 Å². The van der Waals surface area contributed by atoms with E-state index >= 15 is 0 Å². The van der Waals surface area contributed by atoms with Crippen molar-refractivity contribution < 1.29 is 28.6 Å². The Kier molecular flexibility index (Phi) is 6.36. The standard InChI is InChI=1S/C16H22ClFN2O5/c1-15(2,3)24-13(22)20(14(23)25-16(4,5)6)12-10(18)7-9(17)11(8-21)19-12/h7,21H,8H2,1-6H3. The van der Waals surface area contributed by atoms with Crippen molar-refractivity contribution in [3.05, 3.63) is 22.6 Å². The zero-order valence-electron chi connectivity index (χ0n) is 15.0. The molecule has 0 atom stereocenters. The van der Waals surface area contributed by atoms with Crippen LogP contribution in [0.4, 0.5) is 19.8 Å². The van der Waals surface area contributed by atoms with Crippen molar-refractivity contribution in [3.63, 3.8) is 0 Å². The Morgan fingerprint density at radius 1 is 1.16 bits per heavy atom. The normalized spacial score (nSPS) is 11.9. The number of carbonyl (C=O) groups excluding carboxylic acids is 2. The fraction of sp³-hybridized carbons (Fsp3) is 0.562. The van der Waals surface area contributed by atoms with Crippen molar-refractivity contribution in [2.75, 3.05) is 4.90 Å². The maximum absolute atomic E-state index is 14.3. The summed E-state index contributed by atoms with van der Waals surface area (Å²) < 4.78 is 24.6. The zero-order chi connectivity index (χ0) is 19.6. The van der Waals surface area contributed by atoms with Gasteiger partial charge in [-0.1, -0.05) is 11.6 Å². The monoisotopic (exact) mass is 376 g/mol. The van der Waals surface area contributed by atoms with Crippen LogP contribution >= 0.6 is 11.6 Å². The minimum absolute atomic E-state index is 0.102. The zero-order valence-corrected chi connectivity index (χ0v) is 15.8. The second-order valence-electron chi connectivity index (χ2n) is 7.18. The molecule has 0 aliphatic rings. The first-order chi connectivity index (χ1) is 11.2. The minimum atomic E-state index is -1.17. The largest absolute Gasteiger partial charge is 0.443 e. The van der Waals surface area contributed by atoms with Gasteiger partial charge in [-0.05, 0) is 47.6 Å². The van der Waals surface area contributed by atoms with Gasteiger partial charge in [-0.2, -0.15) is 4.90 Å². The SMILES string of the molecule is CC(C)(C)OC(=O)N(C(=O)OC(C)(C)C)c1nc(CO)c(Cl)cc1F. The Bertz CT molecular complexity index is 640. The van der Waals surface area contributed by atoms with Gasteiger partial charge in [0.15, 0.2) is 11.6 Å². The number of amides is 2. The van der Waals surface area contributed by atoms with E-state index in [2.05, 4.69) is 4.98 Å². The summed E-state index contributed by atoms with van der Waals surface area (Å²) in [6.07, 6.45) is -2.33. The molecule has 1 rings (SSSR count). The average molecular weight is 377 g/mol. The molecule has 0 spiro atoms. The second kappa shape index (κ2) is 7.53. The van der Waals surface area contributed by atoms with Crippen molar-refractivity contribution in [1.29, 1.82) is 0 Å². The van der Waals surface area contributed by atoms with Crippen LogP contribution in [-0.4, -0.2) is 33.5 Å². The number of imide groups is 1. The van der Waals surface area contributed by atoms with E-state index in [0.29, 0.717) is 4.90 Å². The molecular weight excluding hydrogens is 355 g/mol. The van der Waals surface area contributed by atoms with Crippen LogP contribution in [-0.2, 0) is 16.1 Å². The van der Waals surface area contributed by atoms with Gasteiger partial charge in [0, 0.05) is 0 Å². The smallest absolute Gasteiger partial charge is 0.425 e. The van der Waals surface area contributed by atoms with Crippen molar-refractivity contribution in [3.8, 4) is 0 Å². The Labute approximate surface area is 150 Å². The number of aromatic nitrogens is 1. The van der Waals surface area contributed by atoms with Gasteiger partial charge in [-0.25, -0.2) is 19.0 Å². The molecule has 0 radical (unpaired) electrons. The topological polar surface area (TPSA) is 89.0 Å². The lowest BCUT2D eigenvalue weighted by atomic mass is 10.2. The van der Waals surface area contributed by atoms with Crippen LogP contribution in [0.2, 0.25) is 5.02 Å². The van der Waals surface area contributed by atoms with Crippen LogP contribution in [0, 0.1) is 5.82 Å². The molecule has 140 valence electrons. The third kappa shape index (κ3) is 6.13. The molecular formula is C16H22ClFN2O5. The molecule has 0 aliphatic carbocycles. The van der Waals surface area contributed by atoms with Crippen LogP contribution in [0.1, 0.15) is 47.2 Å². The average Bonchev–Trinajstić information content (AvgIpc) is 2.37. The third-order valence-electron chi connectivity index (χ3n) is 2.50. The summed E-state index contributed by atoms with van der Waals surface area (Å²) in [4.78, 5) is 28.9. The fourth-order valence-electron chi connectivity index (χ4n) is 1.62. The van der Waals surface area contributed by atoms with Crippen molar-refractivity contribution in [1.82, 2.24) is 4.98 Å². The first-order valence-electron chi connectivity index (χ1n) is 7.47. The minimum Gasteiger partial charge on any atom is -0.443 e. The van der Waals surface area contributed by atoms with Crippen LogP contribution in [0.5, 0.6) is 0 Å². The summed E-state index contributed by atoms with van der Waals surface area (Å²) in [6, 6.07) is 0.844. The van der Waals surface area contributed by atoms with Gasteiger partial charge in [0.2, 0.25) is 0 Å². The number of hydrogen-bond donors (Lipinski definition) is 1. The van der Waals surface area contributed by atoms with Crippen molar-refractivity contribution in [2.24, 2.45) is 0 Å². The Balaban J connectivity index is 3.41.